The lowest BCUT2D eigenvalue weighted by Gasteiger charge is -2.14. The third kappa shape index (κ3) is 4.28. The highest BCUT2D eigenvalue weighted by Crippen LogP contribution is 2.31. The van der Waals surface area contributed by atoms with Gasteiger partial charge in [0.15, 0.2) is 0 Å². The van der Waals surface area contributed by atoms with Crippen LogP contribution in [0.3, 0.4) is 0 Å². The fourth-order valence-electron chi connectivity index (χ4n) is 1.74. The standard InChI is InChI=1S/C14H19NO4/c1-8(2)10-7-11(9(3)6-12(10)16)15-13(17)4-5-14(18)19/h6-8,16H,4-5H2,1-3H3,(H,15,17)(H,18,19). The molecule has 0 aliphatic heterocycles. The first-order valence-electron chi connectivity index (χ1n) is 6.16. The molecule has 0 saturated carbocycles. The molecule has 0 heterocycles. The van der Waals surface area contributed by atoms with E-state index in [9.17, 15) is 14.7 Å². The summed E-state index contributed by atoms with van der Waals surface area (Å²) in [4.78, 5) is 22.0. The normalized spacial score (nSPS) is 10.5. The number of benzene rings is 1. The first kappa shape index (κ1) is 15.0. The van der Waals surface area contributed by atoms with Gasteiger partial charge in [-0.1, -0.05) is 13.8 Å². The topological polar surface area (TPSA) is 86.6 Å². The first-order chi connectivity index (χ1) is 8.81. The number of carbonyl (C=O) groups is 2. The van der Waals surface area contributed by atoms with Crippen molar-refractivity contribution in [3.63, 3.8) is 0 Å². The van der Waals surface area contributed by atoms with Crippen molar-refractivity contribution in [3.05, 3.63) is 23.3 Å². The van der Waals surface area contributed by atoms with Crippen molar-refractivity contribution in [2.75, 3.05) is 5.32 Å². The largest absolute Gasteiger partial charge is 0.508 e. The van der Waals surface area contributed by atoms with Crippen LogP contribution in [0, 0.1) is 6.92 Å². The van der Waals surface area contributed by atoms with E-state index in [0.29, 0.717) is 5.69 Å². The van der Waals surface area contributed by atoms with E-state index in [2.05, 4.69) is 5.32 Å². The van der Waals surface area contributed by atoms with E-state index in [1.54, 1.807) is 19.1 Å². The molecule has 1 aromatic rings. The number of aryl methyl sites for hydroxylation is 1. The molecule has 0 fully saturated rings. The molecule has 0 aromatic heterocycles. The van der Waals surface area contributed by atoms with Crippen LogP contribution in [0.15, 0.2) is 12.1 Å². The molecule has 1 rings (SSSR count). The van der Waals surface area contributed by atoms with Gasteiger partial charge in [0.05, 0.1) is 6.42 Å². The van der Waals surface area contributed by atoms with E-state index in [4.69, 9.17) is 5.11 Å². The summed E-state index contributed by atoms with van der Waals surface area (Å²) in [5, 5.41) is 21.0. The smallest absolute Gasteiger partial charge is 0.303 e. The summed E-state index contributed by atoms with van der Waals surface area (Å²) >= 11 is 0. The average Bonchev–Trinajstić information content (AvgIpc) is 2.29. The highest BCUT2D eigenvalue weighted by atomic mass is 16.4. The quantitative estimate of drug-likeness (QED) is 0.714. The maximum atomic E-state index is 11.6. The Morgan fingerprint density at radius 3 is 2.42 bits per heavy atom. The van der Waals surface area contributed by atoms with Gasteiger partial charge in [-0.2, -0.15) is 0 Å². The number of amides is 1. The van der Waals surface area contributed by atoms with Gasteiger partial charge in [0.1, 0.15) is 5.75 Å². The fraction of sp³-hybridized carbons (Fsp3) is 0.429. The number of anilines is 1. The zero-order valence-electron chi connectivity index (χ0n) is 11.4. The molecule has 0 atom stereocenters. The summed E-state index contributed by atoms with van der Waals surface area (Å²) in [5.41, 5.74) is 2.10. The maximum Gasteiger partial charge on any atom is 0.303 e. The molecule has 104 valence electrons. The Kier molecular flexibility index (Phi) is 4.92. The Hall–Kier alpha value is -2.04. The number of nitrogens with one attached hydrogen (secondary N) is 1. The fourth-order valence-corrected chi connectivity index (χ4v) is 1.74. The number of aromatic hydroxyl groups is 1. The van der Waals surface area contributed by atoms with Crippen LogP contribution in [0.25, 0.3) is 0 Å². The van der Waals surface area contributed by atoms with Crippen molar-refractivity contribution < 1.29 is 19.8 Å². The molecule has 0 unspecified atom stereocenters. The first-order valence-corrected chi connectivity index (χ1v) is 6.16. The Balaban J connectivity index is 2.86. The number of rotatable bonds is 5. The summed E-state index contributed by atoms with van der Waals surface area (Å²) in [6.07, 6.45) is -0.257. The summed E-state index contributed by atoms with van der Waals surface area (Å²) < 4.78 is 0. The summed E-state index contributed by atoms with van der Waals surface area (Å²) in [5.74, 6) is -1.00. The van der Waals surface area contributed by atoms with E-state index in [1.807, 2.05) is 13.8 Å². The van der Waals surface area contributed by atoms with Crippen molar-refractivity contribution in [3.8, 4) is 5.75 Å². The van der Waals surface area contributed by atoms with Gasteiger partial charge < -0.3 is 15.5 Å². The van der Waals surface area contributed by atoms with Crippen LogP contribution in [-0.4, -0.2) is 22.1 Å². The Labute approximate surface area is 112 Å². The van der Waals surface area contributed by atoms with Gasteiger partial charge in [0.25, 0.3) is 0 Å². The number of carboxylic acid groups (broad SMARTS) is 1. The molecule has 19 heavy (non-hydrogen) atoms. The van der Waals surface area contributed by atoms with Gasteiger partial charge >= 0.3 is 5.97 Å². The number of aliphatic carboxylic acids is 1. The molecule has 5 nitrogen and oxygen atoms in total. The predicted octanol–water partition coefficient (Wildman–Crippen LogP) is 2.63. The lowest BCUT2D eigenvalue weighted by molar-refractivity contribution is -0.138. The third-order valence-corrected chi connectivity index (χ3v) is 2.84. The lowest BCUT2D eigenvalue weighted by atomic mass is 9.99. The molecule has 0 spiro atoms. The molecule has 0 radical (unpaired) electrons. The molecule has 3 N–H and O–H groups in total. The number of phenols is 1. The van der Waals surface area contributed by atoms with Crippen LogP contribution < -0.4 is 5.32 Å². The van der Waals surface area contributed by atoms with Gasteiger partial charge in [-0.05, 0) is 36.1 Å². The van der Waals surface area contributed by atoms with E-state index in [-0.39, 0.29) is 30.4 Å². The number of hydrogen-bond donors (Lipinski definition) is 3. The molecule has 5 heteroatoms. The zero-order valence-corrected chi connectivity index (χ0v) is 11.4. The SMILES string of the molecule is Cc1cc(O)c(C(C)C)cc1NC(=O)CCC(=O)O. The van der Waals surface area contributed by atoms with Crippen LogP contribution in [0.2, 0.25) is 0 Å². The minimum Gasteiger partial charge on any atom is -0.508 e. The molecule has 0 aliphatic carbocycles. The number of carboxylic acids is 1. The molecular formula is C14H19NO4. The third-order valence-electron chi connectivity index (χ3n) is 2.84. The highest BCUT2D eigenvalue weighted by Gasteiger charge is 2.12. The average molecular weight is 265 g/mol. The van der Waals surface area contributed by atoms with Gasteiger partial charge in [-0.15, -0.1) is 0 Å². The number of phenolic OH excluding ortho intramolecular Hbond substituents is 1. The highest BCUT2D eigenvalue weighted by molar-refractivity contribution is 5.93. The van der Waals surface area contributed by atoms with Gasteiger partial charge in [0.2, 0.25) is 5.91 Å². The molecule has 1 amide bonds. The Morgan fingerprint density at radius 2 is 1.89 bits per heavy atom. The number of hydrogen-bond acceptors (Lipinski definition) is 3. The van der Waals surface area contributed by atoms with E-state index >= 15 is 0 Å². The molecular weight excluding hydrogens is 246 g/mol. The second-order valence-corrected chi connectivity index (χ2v) is 4.82. The minimum atomic E-state index is -1.000. The minimum absolute atomic E-state index is 0.0628. The van der Waals surface area contributed by atoms with E-state index in [0.717, 1.165) is 11.1 Å². The van der Waals surface area contributed by atoms with Crippen molar-refractivity contribution in [1.82, 2.24) is 0 Å². The van der Waals surface area contributed by atoms with Gasteiger partial charge in [-0.25, -0.2) is 0 Å². The summed E-state index contributed by atoms with van der Waals surface area (Å²) in [6, 6.07) is 3.33. The predicted molar refractivity (Wildman–Crippen MR) is 72.4 cm³/mol. The number of carbonyl (C=O) groups excluding carboxylic acids is 1. The van der Waals surface area contributed by atoms with Gasteiger partial charge in [0, 0.05) is 12.1 Å². The molecule has 0 aliphatic rings. The van der Waals surface area contributed by atoms with Crippen molar-refractivity contribution >= 4 is 17.6 Å². The van der Waals surface area contributed by atoms with Crippen LogP contribution in [0.1, 0.15) is 43.7 Å². The summed E-state index contributed by atoms with van der Waals surface area (Å²) in [7, 11) is 0. The van der Waals surface area contributed by atoms with Crippen LogP contribution >= 0.6 is 0 Å². The molecule has 0 saturated heterocycles. The van der Waals surface area contributed by atoms with Gasteiger partial charge in [-0.3, -0.25) is 9.59 Å². The zero-order chi connectivity index (χ0) is 14.6. The van der Waals surface area contributed by atoms with Crippen LogP contribution in [0.4, 0.5) is 5.69 Å². The van der Waals surface area contributed by atoms with Crippen LogP contribution in [-0.2, 0) is 9.59 Å². The Bertz CT molecular complexity index is 494. The summed E-state index contributed by atoms with van der Waals surface area (Å²) in [6.45, 7) is 5.66. The monoisotopic (exact) mass is 265 g/mol. The molecule has 1 aromatic carbocycles. The van der Waals surface area contributed by atoms with E-state index < -0.39 is 5.97 Å². The van der Waals surface area contributed by atoms with Crippen molar-refractivity contribution in [2.24, 2.45) is 0 Å². The second-order valence-electron chi connectivity index (χ2n) is 4.82. The van der Waals surface area contributed by atoms with Crippen LogP contribution in [0.5, 0.6) is 5.75 Å². The van der Waals surface area contributed by atoms with Crippen molar-refractivity contribution in [1.29, 1.82) is 0 Å². The van der Waals surface area contributed by atoms with Crippen molar-refractivity contribution in [2.45, 2.75) is 39.5 Å². The molecule has 0 bridgehead atoms. The maximum absolute atomic E-state index is 11.6. The second kappa shape index (κ2) is 6.22. The van der Waals surface area contributed by atoms with E-state index in [1.165, 1.54) is 0 Å². The lowest BCUT2D eigenvalue weighted by Crippen LogP contribution is -2.14. The Morgan fingerprint density at radius 1 is 1.26 bits per heavy atom.